The molecule has 0 saturated heterocycles. The van der Waals surface area contributed by atoms with Crippen LogP contribution in [-0.4, -0.2) is 41.3 Å². The number of aromatic nitrogens is 1. The summed E-state index contributed by atoms with van der Waals surface area (Å²) in [5.41, 5.74) is 2.26. The second kappa shape index (κ2) is 10.8. The summed E-state index contributed by atoms with van der Waals surface area (Å²) in [6.07, 6.45) is 5.95. The third kappa shape index (κ3) is 6.43. The maximum Gasteiger partial charge on any atom is 0.305 e. The summed E-state index contributed by atoms with van der Waals surface area (Å²) in [5, 5.41) is 12.3. The lowest BCUT2D eigenvalue weighted by Crippen LogP contribution is -2.24. The average Bonchev–Trinajstić information content (AvgIpc) is 3.10. The molecule has 1 aromatic carbocycles. The summed E-state index contributed by atoms with van der Waals surface area (Å²) >= 11 is 1.39. The van der Waals surface area contributed by atoms with Crippen molar-refractivity contribution in [3.63, 3.8) is 0 Å². The number of hydrogen-bond donors (Lipinski definition) is 3. The Morgan fingerprint density at radius 2 is 1.96 bits per heavy atom. The second-order valence-corrected chi connectivity index (χ2v) is 7.06. The van der Waals surface area contributed by atoms with Crippen LogP contribution in [0.5, 0.6) is 0 Å². The normalized spacial score (nSPS) is 10.7. The number of thioether (sulfide) groups is 1. The van der Waals surface area contributed by atoms with Crippen LogP contribution in [0.2, 0.25) is 0 Å². The molecule has 27 heavy (non-hydrogen) atoms. The SMILES string of the molecule is CCOC(=O)CCCCCCNC(=O)c1cc2cc(C(=N)SC)ccc2[nH]1. The first-order valence-corrected chi connectivity index (χ1v) is 10.5. The van der Waals surface area contributed by atoms with E-state index in [4.69, 9.17) is 10.1 Å². The third-order valence-corrected chi connectivity index (χ3v) is 4.87. The summed E-state index contributed by atoms with van der Waals surface area (Å²) in [5.74, 6) is -0.264. The number of hydrogen-bond acceptors (Lipinski definition) is 5. The molecule has 0 spiro atoms. The molecule has 1 aromatic heterocycles. The minimum atomic E-state index is -0.138. The summed E-state index contributed by atoms with van der Waals surface area (Å²) in [6.45, 7) is 2.85. The van der Waals surface area contributed by atoms with Gasteiger partial charge in [0.1, 0.15) is 5.69 Å². The first-order chi connectivity index (χ1) is 13.0. The van der Waals surface area contributed by atoms with Crippen molar-refractivity contribution in [2.75, 3.05) is 19.4 Å². The van der Waals surface area contributed by atoms with Gasteiger partial charge in [0.25, 0.3) is 5.91 Å². The van der Waals surface area contributed by atoms with Crippen LogP contribution in [0.1, 0.15) is 55.1 Å². The topological polar surface area (TPSA) is 95.0 Å². The summed E-state index contributed by atoms with van der Waals surface area (Å²) in [4.78, 5) is 26.6. The first kappa shape index (κ1) is 21.0. The molecule has 0 saturated carbocycles. The molecule has 146 valence electrons. The number of esters is 1. The number of unbranched alkanes of at least 4 members (excludes halogenated alkanes) is 3. The number of carbonyl (C=O) groups is 2. The van der Waals surface area contributed by atoms with Gasteiger partial charge < -0.3 is 15.0 Å². The van der Waals surface area contributed by atoms with Gasteiger partial charge in [-0.3, -0.25) is 15.0 Å². The van der Waals surface area contributed by atoms with Gasteiger partial charge in [-0.05, 0) is 44.2 Å². The number of amides is 1. The van der Waals surface area contributed by atoms with Crippen LogP contribution in [0.4, 0.5) is 0 Å². The highest BCUT2D eigenvalue weighted by molar-refractivity contribution is 8.13. The number of rotatable bonds is 10. The zero-order chi connectivity index (χ0) is 19.6. The zero-order valence-electron chi connectivity index (χ0n) is 15.9. The van der Waals surface area contributed by atoms with E-state index < -0.39 is 0 Å². The van der Waals surface area contributed by atoms with Crippen molar-refractivity contribution in [2.24, 2.45) is 0 Å². The van der Waals surface area contributed by atoms with Gasteiger partial charge in [0.15, 0.2) is 0 Å². The predicted molar refractivity (Wildman–Crippen MR) is 111 cm³/mol. The maximum atomic E-state index is 12.3. The van der Waals surface area contributed by atoms with Gasteiger partial charge in [0.05, 0.1) is 11.7 Å². The first-order valence-electron chi connectivity index (χ1n) is 9.24. The van der Waals surface area contributed by atoms with Gasteiger partial charge in [-0.1, -0.05) is 18.9 Å². The van der Waals surface area contributed by atoms with Crippen molar-refractivity contribution in [3.05, 3.63) is 35.5 Å². The number of nitrogens with one attached hydrogen (secondary N) is 3. The minimum Gasteiger partial charge on any atom is -0.466 e. The maximum absolute atomic E-state index is 12.3. The molecule has 6 nitrogen and oxygen atoms in total. The Balaban J connectivity index is 1.74. The summed E-state index contributed by atoms with van der Waals surface area (Å²) in [7, 11) is 0. The molecule has 7 heteroatoms. The van der Waals surface area contributed by atoms with E-state index in [0.29, 0.717) is 30.3 Å². The lowest BCUT2D eigenvalue weighted by molar-refractivity contribution is -0.143. The number of aromatic amines is 1. The van der Waals surface area contributed by atoms with Gasteiger partial charge in [-0.25, -0.2) is 0 Å². The standard InChI is InChI=1S/C20H27N3O3S/c1-3-26-18(24)8-6-4-5-7-11-22-20(25)17-13-15-12-14(19(21)27-2)9-10-16(15)23-17/h9-10,12-13,21,23H,3-8,11H2,1-2H3,(H,22,25). The van der Waals surface area contributed by atoms with E-state index in [0.717, 1.165) is 42.1 Å². The molecule has 2 rings (SSSR count). The van der Waals surface area contributed by atoms with Gasteiger partial charge in [0, 0.05) is 29.4 Å². The molecular weight excluding hydrogens is 362 g/mol. The lowest BCUT2D eigenvalue weighted by Gasteiger charge is -2.04. The van der Waals surface area contributed by atoms with Gasteiger partial charge in [0.2, 0.25) is 0 Å². The number of H-pyrrole nitrogens is 1. The molecule has 0 unspecified atom stereocenters. The highest BCUT2D eigenvalue weighted by Crippen LogP contribution is 2.19. The van der Waals surface area contributed by atoms with Crippen LogP contribution in [0.3, 0.4) is 0 Å². The average molecular weight is 390 g/mol. The van der Waals surface area contributed by atoms with Crippen LogP contribution in [0.15, 0.2) is 24.3 Å². The zero-order valence-corrected chi connectivity index (χ0v) is 16.7. The summed E-state index contributed by atoms with van der Waals surface area (Å²) < 4.78 is 4.89. The Morgan fingerprint density at radius 3 is 2.70 bits per heavy atom. The Labute approximate surface area is 163 Å². The molecule has 1 heterocycles. The van der Waals surface area contributed by atoms with Gasteiger partial charge in [-0.15, -0.1) is 11.8 Å². The Bertz CT molecular complexity index is 801. The molecule has 0 radical (unpaired) electrons. The van der Waals surface area contributed by atoms with E-state index in [1.54, 1.807) is 0 Å². The molecule has 0 aliphatic rings. The fourth-order valence-corrected chi connectivity index (χ4v) is 3.15. The largest absolute Gasteiger partial charge is 0.466 e. The van der Waals surface area contributed by atoms with E-state index in [1.165, 1.54) is 11.8 Å². The monoisotopic (exact) mass is 389 g/mol. The lowest BCUT2D eigenvalue weighted by atomic mass is 10.1. The molecule has 0 fully saturated rings. The van der Waals surface area contributed by atoms with Gasteiger partial charge in [-0.2, -0.15) is 0 Å². The minimum absolute atomic E-state index is 0.126. The Morgan fingerprint density at radius 1 is 1.19 bits per heavy atom. The number of benzene rings is 1. The smallest absolute Gasteiger partial charge is 0.305 e. The third-order valence-electron chi connectivity index (χ3n) is 4.23. The van der Waals surface area contributed by atoms with E-state index in [9.17, 15) is 9.59 Å². The number of fused-ring (bicyclic) bond motifs is 1. The molecule has 2 aromatic rings. The van der Waals surface area contributed by atoms with Crippen LogP contribution in [-0.2, 0) is 9.53 Å². The highest BCUT2D eigenvalue weighted by Gasteiger charge is 2.10. The molecule has 0 aliphatic heterocycles. The Hall–Kier alpha value is -2.28. The molecule has 0 bridgehead atoms. The van der Waals surface area contributed by atoms with Crippen LogP contribution in [0, 0.1) is 5.41 Å². The van der Waals surface area contributed by atoms with Crippen molar-refractivity contribution in [1.82, 2.24) is 10.3 Å². The van der Waals surface area contributed by atoms with Crippen LogP contribution >= 0.6 is 11.8 Å². The quantitative estimate of drug-likeness (QED) is 0.247. The fraction of sp³-hybridized carbons (Fsp3) is 0.450. The van der Waals surface area contributed by atoms with Crippen molar-refractivity contribution in [1.29, 1.82) is 5.41 Å². The highest BCUT2D eigenvalue weighted by atomic mass is 32.2. The van der Waals surface area contributed by atoms with E-state index in [-0.39, 0.29) is 11.9 Å². The number of carbonyl (C=O) groups excluding carboxylic acids is 2. The molecular formula is C20H27N3O3S. The fourth-order valence-electron chi connectivity index (χ4n) is 2.79. The van der Waals surface area contributed by atoms with E-state index >= 15 is 0 Å². The van der Waals surface area contributed by atoms with Gasteiger partial charge >= 0.3 is 5.97 Å². The molecule has 1 amide bonds. The molecule has 3 N–H and O–H groups in total. The number of ether oxygens (including phenoxy) is 1. The van der Waals surface area contributed by atoms with Crippen molar-refractivity contribution >= 4 is 39.6 Å². The molecule has 0 atom stereocenters. The predicted octanol–water partition coefficient (Wildman–Crippen LogP) is 4.10. The summed E-state index contributed by atoms with van der Waals surface area (Å²) in [6, 6.07) is 7.53. The van der Waals surface area contributed by atoms with Crippen molar-refractivity contribution in [3.8, 4) is 0 Å². The van der Waals surface area contributed by atoms with E-state index in [1.807, 2.05) is 37.4 Å². The van der Waals surface area contributed by atoms with Crippen LogP contribution < -0.4 is 5.32 Å². The Kier molecular flexibility index (Phi) is 8.39. The molecule has 0 aliphatic carbocycles. The van der Waals surface area contributed by atoms with Crippen LogP contribution in [0.25, 0.3) is 10.9 Å². The second-order valence-electron chi connectivity index (χ2n) is 6.24. The van der Waals surface area contributed by atoms with Crippen molar-refractivity contribution < 1.29 is 14.3 Å². The van der Waals surface area contributed by atoms with E-state index in [2.05, 4.69) is 10.3 Å². The van der Waals surface area contributed by atoms with Crippen molar-refractivity contribution in [2.45, 2.75) is 39.0 Å².